The molecule has 1 heterocycles. The summed E-state index contributed by atoms with van der Waals surface area (Å²) in [6.45, 7) is 0.344. The van der Waals surface area contributed by atoms with Crippen molar-refractivity contribution >= 4 is 32.2 Å². The van der Waals surface area contributed by atoms with E-state index >= 15 is 0 Å². The third-order valence-corrected chi connectivity index (χ3v) is 5.70. The number of alkyl halides is 6. The van der Waals surface area contributed by atoms with Gasteiger partial charge in [0.1, 0.15) is 18.8 Å². The number of halogens is 6. The predicted molar refractivity (Wildman–Crippen MR) is 87.6 cm³/mol. The number of ether oxygens (including phenoxy) is 4. The first-order chi connectivity index (χ1) is 14.7. The number of esters is 2. The molecule has 0 aromatic rings. The molecule has 0 spiro atoms. The summed E-state index contributed by atoms with van der Waals surface area (Å²) < 4.78 is 149. The van der Waals surface area contributed by atoms with Gasteiger partial charge in [-0.05, 0) is 0 Å². The standard InChI is InChI=1S/C13H16F6O12S2/c1-5(20)27-4-7-8(30-32(22,23)12(14,15)16)9(28-6(2)21)10(11(26-3)29-7)31-33(24,25)13(17,18)19/h7-11H,4H2,1-3H3/t7-,8+,9+,10-,11-/m1/s1. The third kappa shape index (κ3) is 7.37. The molecule has 12 nitrogen and oxygen atoms in total. The van der Waals surface area contributed by atoms with Crippen LogP contribution in [0.15, 0.2) is 0 Å². The Balaban J connectivity index is 3.59. The summed E-state index contributed by atoms with van der Waals surface area (Å²) in [4.78, 5) is 22.5. The second-order valence-corrected chi connectivity index (χ2v) is 9.20. The van der Waals surface area contributed by atoms with Crippen LogP contribution in [0.3, 0.4) is 0 Å². The van der Waals surface area contributed by atoms with Crippen LogP contribution < -0.4 is 0 Å². The highest BCUT2D eigenvalue weighted by Gasteiger charge is 2.59. The highest BCUT2D eigenvalue weighted by molar-refractivity contribution is 7.87. The minimum Gasteiger partial charge on any atom is -0.463 e. The number of carbonyl (C=O) groups is 2. The van der Waals surface area contributed by atoms with Crippen LogP contribution in [-0.4, -0.2) is 84.2 Å². The summed E-state index contributed by atoms with van der Waals surface area (Å²) in [5.74, 6) is -2.49. The highest BCUT2D eigenvalue weighted by Crippen LogP contribution is 2.36. The van der Waals surface area contributed by atoms with E-state index in [1.807, 2.05) is 0 Å². The first-order valence-corrected chi connectivity index (χ1v) is 11.0. The topological polar surface area (TPSA) is 158 Å². The molecule has 20 heteroatoms. The summed E-state index contributed by atoms with van der Waals surface area (Å²) in [6, 6.07) is 0. The van der Waals surface area contributed by atoms with E-state index in [0.29, 0.717) is 6.92 Å². The zero-order chi connectivity index (χ0) is 26.0. The monoisotopic (exact) mass is 542 g/mol. The molecule has 0 aliphatic carbocycles. The van der Waals surface area contributed by atoms with E-state index in [4.69, 9.17) is 4.74 Å². The van der Waals surface area contributed by atoms with E-state index < -0.39 is 80.5 Å². The van der Waals surface area contributed by atoms with Gasteiger partial charge in [0.2, 0.25) is 0 Å². The Labute approximate surface area is 182 Å². The summed E-state index contributed by atoms with van der Waals surface area (Å²) in [5.41, 5.74) is -12.1. The average molecular weight is 542 g/mol. The van der Waals surface area contributed by atoms with Gasteiger partial charge >= 0.3 is 43.2 Å². The normalized spacial score (nSPS) is 27.1. The largest absolute Gasteiger partial charge is 0.523 e. The van der Waals surface area contributed by atoms with E-state index in [1.54, 1.807) is 0 Å². The Morgan fingerprint density at radius 3 is 1.64 bits per heavy atom. The Kier molecular flexibility index (Phi) is 9.10. The lowest BCUT2D eigenvalue weighted by Gasteiger charge is -2.43. The van der Waals surface area contributed by atoms with Crippen molar-refractivity contribution in [1.29, 1.82) is 0 Å². The Morgan fingerprint density at radius 2 is 1.27 bits per heavy atom. The summed E-state index contributed by atoms with van der Waals surface area (Å²) in [7, 11) is -12.3. The molecule has 0 N–H and O–H groups in total. The Morgan fingerprint density at radius 1 is 0.818 bits per heavy atom. The predicted octanol–water partition coefficient (Wildman–Crippen LogP) is 0.322. The molecule has 0 amide bonds. The number of methoxy groups -OCH3 is 1. The van der Waals surface area contributed by atoms with Gasteiger partial charge in [0.25, 0.3) is 0 Å². The number of carbonyl (C=O) groups excluding carboxylic acids is 2. The zero-order valence-electron chi connectivity index (χ0n) is 16.6. The Hall–Kier alpha value is -1.74. The van der Waals surface area contributed by atoms with Crippen LogP contribution in [0.1, 0.15) is 13.8 Å². The van der Waals surface area contributed by atoms with E-state index in [2.05, 4.69) is 22.6 Å². The first-order valence-electron chi connectivity index (χ1n) is 8.21. The molecule has 1 aliphatic rings. The van der Waals surface area contributed by atoms with Crippen LogP contribution in [0, 0.1) is 0 Å². The highest BCUT2D eigenvalue weighted by atomic mass is 32.2. The summed E-state index contributed by atoms with van der Waals surface area (Å²) in [6.07, 6.45) is -12.3. The minimum atomic E-state index is -6.54. The van der Waals surface area contributed by atoms with Crippen LogP contribution in [0.5, 0.6) is 0 Å². The Bertz CT molecular complexity index is 928. The van der Waals surface area contributed by atoms with Gasteiger partial charge in [0, 0.05) is 21.0 Å². The molecule has 5 atom stereocenters. The van der Waals surface area contributed by atoms with Gasteiger partial charge in [-0.15, -0.1) is 0 Å². The lowest BCUT2D eigenvalue weighted by Crippen LogP contribution is -2.63. The van der Waals surface area contributed by atoms with Crippen molar-refractivity contribution in [3.05, 3.63) is 0 Å². The van der Waals surface area contributed by atoms with E-state index in [9.17, 15) is 52.8 Å². The number of hydrogen-bond donors (Lipinski definition) is 0. The second-order valence-electron chi connectivity index (χ2n) is 6.08. The molecule has 0 bridgehead atoms. The van der Waals surface area contributed by atoms with E-state index in [-0.39, 0.29) is 0 Å². The first kappa shape index (κ1) is 29.3. The molecule has 0 radical (unpaired) electrons. The van der Waals surface area contributed by atoms with E-state index in [1.165, 1.54) is 0 Å². The molecule has 1 rings (SSSR count). The molecular formula is C13H16F6O12S2. The lowest BCUT2D eigenvalue weighted by molar-refractivity contribution is -0.288. The fraction of sp³-hybridized carbons (Fsp3) is 0.846. The summed E-state index contributed by atoms with van der Waals surface area (Å²) in [5, 5.41) is 0. The van der Waals surface area contributed by atoms with Crippen molar-refractivity contribution in [3.8, 4) is 0 Å². The molecule has 1 saturated heterocycles. The molecule has 0 aromatic heterocycles. The molecule has 0 unspecified atom stereocenters. The van der Waals surface area contributed by atoms with Crippen molar-refractivity contribution in [2.75, 3.05) is 13.7 Å². The van der Waals surface area contributed by atoms with Crippen molar-refractivity contribution in [2.45, 2.75) is 55.6 Å². The molecule has 194 valence electrons. The van der Waals surface area contributed by atoms with Crippen LogP contribution in [0.4, 0.5) is 26.3 Å². The van der Waals surface area contributed by atoms with Crippen molar-refractivity contribution < 1.29 is 80.1 Å². The minimum absolute atomic E-state index is 0.600. The second kappa shape index (κ2) is 10.3. The van der Waals surface area contributed by atoms with Crippen LogP contribution in [0.25, 0.3) is 0 Å². The van der Waals surface area contributed by atoms with Gasteiger partial charge in [0.05, 0.1) is 0 Å². The molecule has 0 aromatic carbocycles. The average Bonchev–Trinajstić information content (AvgIpc) is 2.60. The maximum absolute atomic E-state index is 12.8. The lowest BCUT2D eigenvalue weighted by atomic mass is 9.99. The van der Waals surface area contributed by atoms with Gasteiger partial charge in [0.15, 0.2) is 18.5 Å². The van der Waals surface area contributed by atoms with Crippen molar-refractivity contribution in [1.82, 2.24) is 0 Å². The van der Waals surface area contributed by atoms with Gasteiger partial charge in [-0.3, -0.25) is 18.0 Å². The van der Waals surface area contributed by atoms with Crippen LogP contribution >= 0.6 is 0 Å². The molecular weight excluding hydrogens is 526 g/mol. The molecule has 1 aliphatic heterocycles. The van der Waals surface area contributed by atoms with Crippen LogP contribution in [-0.2, 0) is 57.1 Å². The third-order valence-electron chi connectivity index (χ3n) is 3.62. The van der Waals surface area contributed by atoms with Crippen molar-refractivity contribution in [3.63, 3.8) is 0 Å². The fourth-order valence-corrected chi connectivity index (χ4v) is 3.59. The maximum atomic E-state index is 12.8. The van der Waals surface area contributed by atoms with Gasteiger partial charge in [-0.25, -0.2) is 0 Å². The number of hydrogen-bond acceptors (Lipinski definition) is 12. The maximum Gasteiger partial charge on any atom is 0.523 e. The van der Waals surface area contributed by atoms with Crippen LogP contribution in [0.2, 0.25) is 0 Å². The van der Waals surface area contributed by atoms with Gasteiger partial charge < -0.3 is 18.9 Å². The van der Waals surface area contributed by atoms with Crippen molar-refractivity contribution in [2.24, 2.45) is 0 Å². The van der Waals surface area contributed by atoms with E-state index in [0.717, 1.165) is 14.0 Å². The fourth-order valence-electron chi connectivity index (χ4n) is 2.35. The SMILES string of the molecule is CO[C@@H]1O[C@H](COC(C)=O)[C@H](OS(=O)(=O)C(F)(F)F)[C@H](OC(C)=O)[C@H]1OS(=O)(=O)C(F)(F)F. The molecule has 33 heavy (non-hydrogen) atoms. The molecule has 0 saturated carbocycles. The smallest absolute Gasteiger partial charge is 0.463 e. The summed E-state index contributed by atoms with van der Waals surface area (Å²) >= 11 is 0. The number of rotatable bonds is 8. The van der Waals surface area contributed by atoms with Gasteiger partial charge in [-0.2, -0.15) is 43.2 Å². The quantitative estimate of drug-likeness (QED) is 0.179. The zero-order valence-corrected chi connectivity index (χ0v) is 18.2. The molecule has 1 fully saturated rings. The van der Waals surface area contributed by atoms with Gasteiger partial charge in [-0.1, -0.05) is 0 Å².